The van der Waals surface area contributed by atoms with Gasteiger partial charge in [0.2, 0.25) is 0 Å². The number of carbonyl (C=O) groups excluding carboxylic acids is 1. The van der Waals surface area contributed by atoms with E-state index in [1.54, 1.807) is 25.1 Å². The fraction of sp³-hybridized carbons (Fsp3) is 0.368. The van der Waals surface area contributed by atoms with Gasteiger partial charge in [-0.3, -0.25) is 19.9 Å². The molecule has 142 valence electrons. The van der Waals surface area contributed by atoms with Crippen LogP contribution >= 0.6 is 0 Å². The number of para-hydroxylation sites is 2. The number of aromatic nitrogens is 1. The summed E-state index contributed by atoms with van der Waals surface area (Å²) in [6, 6.07) is 8.29. The minimum atomic E-state index is -0.579. The molecule has 2 aromatic rings. The van der Waals surface area contributed by atoms with E-state index in [-0.39, 0.29) is 17.4 Å². The Hall–Kier alpha value is -3.00. The Morgan fingerprint density at radius 1 is 1.41 bits per heavy atom. The van der Waals surface area contributed by atoms with Crippen LogP contribution in [0.15, 0.2) is 36.5 Å². The summed E-state index contributed by atoms with van der Waals surface area (Å²) in [6.07, 6.45) is 4.32. The SMILES string of the molecule is Cc1ncc([N+](=O)[O-])cc1C(=O)Nc1ccccc1OCC1CCCCO1. The van der Waals surface area contributed by atoms with Crippen LogP contribution in [0, 0.1) is 17.0 Å². The van der Waals surface area contributed by atoms with E-state index in [1.807, 2.05) is 6.07 Å². The molecule has 0 spiro atoms. The average molecular weight is 371 g/mol. The molecule has 8 nitrogen and oxygen atoms in total. The van der Waals surface area contributed by atoms with Crippen LogP contribution < -0.4 is 10.1 Å². The first-order valence-electron chi connectivity index (χ1n) is 8.80. The van der Waals surface area contributed by atoms with Gasteiger partial charge in [-0.25, -0.2) is 0 Å². The first-order valence-corrected chi connectivity index (χ1v) is 8.80. The molecule has 3 rings (SSSR count). The number of pyridine rings is 1. The normalized spacial score (nSPS) is 16.6. The number of benzene rings is 1. The molecule has 0 saturated carbocycles. The summed E-state index contributed by atoms with van der Waals surface area (Å²) in [4.78, 5) is 26.9. The number of amides is 1. The highest BCUT2D eigenvalue weighted by Crippen LogP contribution is 2.26. The summed E-state index contributed by atoms with van der Waals surface area (Å²) >= 11 is 0. The predicted molar refractivity (Wildman–Crippen MR) is 99.1 cm³/mol. The van der Waals surface area contributed by atoms with Crippen LogP contribution in [0.4, 0.5) is 11.4 Å². The van der Waals surface area contributed by atoms with Gasteiger partial charge in [-0.2, -0.15) is 0 Å². The second-order valence-corrected chi connectivity index (χ2v) is 6.33. The maximum absolute atomic E-state index is 12.6. The van der Waals surface area contributed by atoms with Crippen molar-refractivity contribution in [2.75, 3.05) is 18.5 Å². The predicted octanol–water partition coefficient (Wildman–Crippen LogP) is 3.50. The molecule has 8 heteroatoms. The summed E-state index contributed by atoms with van der Waals surface area (Å²) in [5.74, 6) is 0.0460. The van der Waals surface area contributed by atoms with Crippen LogP contribution in [0.25, 0.3) is 0 Å². The molecule has 27 heavy (non-hydrogen) atoms. The summed E-state index contributed by atoms with van der Waals surface area (Å²) in [7, 11) is 0. The third-order valence-corrected chi connectivity index (χ3v) is 4.36. The third-order valence-electron chi connectivity index (χ3n) is 4.36. The molecule has 1 saturated heterocycles. The highest BCUT2D eigenvalue weighted by Gasteiger charge is 2.19. The molecule has 1 atom stereocenters. The van der Waals surface area contributed by atoms with Crippen molar-refractivity contribution in [2.24, 2.45) is 0 Å². The number of nitrogens with zero attached hydrogens (tertiary/aromatic N) is 2. The summed E-state index contributed by atoms with van der Waals surface area (Å²) in [6.45, 7) is 2.78. The van der Waals surface area contributed by atoms with Gasteiger partial charge in [-0.1, -0.05) is 12.1 Å². The van der Waals surface area contributed by atoms with E-state index in [4.69, 9.17) is 9.47 Å². The molecule has 1 amide bonds. The van der Waals surface area contributed by atoms with Crippen LogP contribution in [0.5, 0.6) is 5.75 Å². The van der Waals surface area contributed by atoms with Gasteiger partial charge in [0.25, 0.3) is 11.6 Å². The molecule has 1 aliphatic rings. The molecule has 1 aromatic carbocycles. The Bertz CT molecular complexity index is 834. The van der Waals surface area contributed by atoms with Crippen molar-refractivity contribution in [3.8, 4) is 5.75 Å². The number of hydrogen-bond donors (Lipinski definition) is 1. The number of hydrogen-bond acceptors (Lipinski definition) is 6. The third kappa shape index (κ3) is 4.79. The molecule has 0 bridgehead atoms. The molecule has 1 N–H and O–H groups in total. The Balaban J connectivity index is 1.72. The highest BCUT2D eigenvalue weighted by atomic mass is 16.6. The number of nitrogens with one attached hydrogen (secondary N) is 1. The van der Waals surface area contributed by atoms with Crippen molar-refractivity contribution in [1.29, 1.82) is 0 Å². The lowest BCUT2D eigenvalue weighted by atomic mass is 10.1. The van der Waals surface area contributed by atoms with E-state index in [9.17, 15) is 14.9 Å². The van der Waals surface area contributed by atoms with Crippen molar-refractivity contribution < 1.29 is 19.2 Å². The topological polar surface area (TPSA) is 104 Å². The van der Waals surface area contributed by atoms with Gasteiger partial charge in [0.1, 0.15) is 18.6 Å². The van der Waals surface area contributed by atoms with Crippen LogP contribution in [0.3, 0.4) is 0 Å². The minimum absolute atomic E-state index is 0.0470. The lowest BCUT2D eigenvalue weighted by Crippen LogP contribution is -2.26. The number of aryl methyl sites for hydroxylation is 1. The van der Waals surface area contributed by atoms with Crippen LogP contribution in [-0.4, -0.2) is 35.1 Å². The van der Waals surface area contributed by atoms with Crippen molar-refractivity contribution >= 4 is 17.3 Å². The van der Waals surface area contributed by atoms with Crippen molar-refractivity contribution in [3.05, 3.63) is 57.9 Å². The first kappa shape index (κ1) is 18.8. The van der Waals surface area contributed by atoms with Crippen LogP contribution in [-0.2, 0) is 4.74 Å². The van der Waals surface area contributed by atoms with E-state index < -0.39 is 10.8 Å². The van der Waals surface area contributed by atoms with E-state index in [0.717, 1.165) is 32.1 Å². The van der Waals surface area contributed by atoms with Gasteiger partial charge >= 0.3 is 0 Å². The summed E-state index contributed by atoms with van der Waals surface area (Å²) in [5.41, 5.74) is 0.815. The van der Waals surface area contributed by atoms with E-state index in [0.29, 0.717) is 23.7 Å². The fourth-order valence-corrected chi connectivity index (χ4v) is 2.86. The number of ether oxygens (including phenoxy) is 2. The van der Waals surface area contributed by atoms with Gasteiger partial charge in [-0.15, -0.1) is 0 Å². The molecular formula is C19H21N3O5. The Labute approximate surface area is 156 Å². The molecule has 0 aliphatic carbocycles. The van der Waals surface area contributed by atoms with Gasteiger partial charge in [0.15, 0.2) is 0 Å². The zero-order valence-corrected chi connectivity index (χ0v) is 15.0. The largest absolute Gasteiger partial charge is 0.489 e. The van der Waals surface area contributed by atoms with Crippen LogP contribution in [0.2, 0.25) is 0 Å². The van der Waals surface area contributed by atoms with E-state index in [1.165, 1.54) is 6.07 Å². The zero-order chi connectivity index (χ0) is 19.2. The Morgan fingerprint density at radius 3 is 2.96 bits per heavy atom. The zero-order valence-electron chi connectivity index (χ0n) is 15.0. The van der Waals surface area contributed by atoms with Crippen molar-refractivity contribution in [3.63, 3.8) is 0 Å². The minimum Gasteiger partial charge on any atom is -0.489 e. The molecule has 1 fully saturated rings. The van der Waals surface area contributed by atoms with E-state index >= 15 is 0 Å². The number of rotatable bonds is 6. The maximum atomic E-state index is 12.6. The standard InChI is InChI=1S/C19H21N3O5/c1-13-16(10-14(11-20-13)22(24)25)19(23)21-17-7-2-3-8-18(17)27-12-15-6-4-5-9-26-15/h2-3,7-8,10-11,15H,4-6,9,12H2,1H3,(H,21,23). The Morgan fingerprint density at radius 2 is 2.22 bits per heavy atom. The average Bonchev–Trinajstić information content (AvgIpc) is 2.68. The van der Waals surface area contributed by atoms with Crippen molar-refractivity contribution in [2.45, 2.75) is 32.3 Å². The second kappa shape index (κ2) is 8.59. The molecule has 2 heterocycles. The second-order valence-electron chi connectivity index (χ2n) is 6.33. The number of anilines is 1. The van der Waals surface area contributed by atoms with E-state index in [2.05, 4.69) is 10.3 Å². The van der Waals surface area contributed by atoms with Crippen LogP contribution in [0.1, 0.15) is 35.3 Å². The van der Waals surface area contributed by atoms with Gasteiger partial charge in [0, 0.05) is 12.7 Å². The number of carbonyl (C=O) groups is 1. The summed E-state index contributed by atoms with van der Waals surface area (Å²) < 4.78 is 11.5. The molecule has 1 aliphatic heterocycles. The quantitative estimate of drug-likeness (QED) is 0.616. The lowest BCUT2D eigenvalue weighted by Gasteiger charge is -2.23. The van der Waals surface area contributed by atoms with Gasteiger partial charge in [-0.05, 0) is 38.3 Å². The van der Waals surface area contributed by atoms with Gasteiger partial charge in [0.05, 0.1) is 28.0 Å². The summed E-state index contributed by atoms with van der Waals surface area (Å²) in [5, 5.41) is 13.7. The monoisotopic (exact) mass is 371 g/mol. The van der Waals surface area contributed by atoms with Gasteiger partial charge < -0.3 is 14.8 Å². The number of nitro groups is 1. The fourth-order valence-electron chi connectivity index (χ4n) is 2.86. The maximum Gasteiger partial charge on any atom is 0.288 e. The smallest absolute Gasteiger partial charge is 0.288 e. The first-order chi connectivity index (χ1) is 13.0. The Kier molecular flexibility index (Phi) is 5.97. The van der Waals surface area contributed by atoms with Crippen molar-refractivity contribution in [1.82, 2.24) is 4.98 Å². The highest BCUT2D eigenvalue weighted by molar-refractivity contribution is 6.06. The molecule has 1 unspecified atom stereocenters. The molecule has 0 radical (unpaired) electrons. The molecule has 1 aromatic heterocycles. The molecular weight excluding hydrogens is 350 g/mol. The lowest BCUT2D eigenvalue weighted by molar-refractivity contribution is -0.385.